The van der Waals surface area contributed by atoms with Gasteiger partial charge >= 0.3 is 0 Å². The standard InChI is InChI=1S/C8H14N2O4/c9-3-6(11)4-10-7(12)1-2-14-5-8(10)13/h6,11H,1-5,9H2. The molecule has 1 fully saturated rings. The van der Waals surface area contributed by atoms with Crippen molar-refractivity contribution in [3.63, 3.8) is 0 Å². The highest BCUT2D eigenvalue weighted by atomic mass is 16.5. The van der Waals surface area contributed by atoms with Gasteiger partial charge in [-0.15, -0.1) is 0 Å². The number of carbonyl (C=O) groups excluding carboxylic acids is 2. The molecule has 6 heteroatoms. The minimum atomic E-state index is -0.860. The smallest absolute Gasteiger partial charge is 0.255 e. The SMILES string of the molecule is NCC(O)CN1C(=O)CCOCC1=O. The molecule has 3 N–H and O–H groups in total. The minimum absolute atomic E-state index is 0.0257. The van der Waals surface area contributed by atoms with Gasteiger partial charge in [-0.25, -0.2) is 0 Å². The van der Waals surface area contributed by atoms with E-state index in [1.165, 1.54) is 0 Å². The number of aliphatic hydroxyl groups excluding tert-OH is 1. The Morgan fingerprint density at radius 1 is 1.50 bits per heavy atom. The van der Waals surface area contributed by atoms with Gasteiger partial charge in [-0.1, -0.05) is 0 Å². The molecule has 0 aromatic rings. The van der Waals surface area contributed by atoms with Crippen molar-refractivity contribution in [2.75, 3.05) is 26.3 Å². The third-order valence-electron chi connectivity index (χ3n) is 1.95. The molecular weight excluding hydrogens is 188 g/mol. The Hall–Kier alpha value is -0.980. The fourth-order valence-corrected chi connectivity index (χ4v) is 1.16. The lowest BCUT2D eigenvalue weighted by atomic mass is 10.3. The Morgan fingerprint density at radius 3 is 2.86 bits per heavy atom. The first-order valence-corrected chi connectivity index (χ1v) is 4.44. The fourth-order valence-electron chi connectivity index (χ4n) is 1.16. The van der Waals surface area contributed by atoms with Crippen LogP contribution in [0.3, 0.4) is 0 Å². The zero-order valence-corrected chi connectivity index (χ0v) is 7.81. The summed E-state index contributed by atoms with van der Waals surface area (Å²) in [6, 6.07) is 0. The average molecular weight is 202 g/mol. The molecule has 1 atom stereocenters. The van der Waals surface area contributed by atoms with E-state index >= 15 is 0 Å². The van der Waals surface area contributed by atoms with Crippen molar-refractivity contribution in [1.82, 2.24) is 4.90 Å². The van der Waals surface area contributed by atoms with Crippen molar-refractivity contribution < 1.29 is 19.4 Å². The molecule has 0 spiro atoms. The normalized spacial score (nSPS) is 20.9. The number of aliphatic hydroxyl groups is 1. The van der Waals surface area contributed by atoms with E-state index in [2.05, 4.69) is 0 Å². The number of nitrogens with two attached hydrogens (primary N) is 1. The van der Waals surface area contributed by atoms with Gasteiger partial charge in [-0.05, 0) is 0 Å². The van der Waals surface area contributed by atoms with Gasteiger partial charge in [-0.2, -0.15) is 0 Å². The van der Waals surface area contributed by atoms with Crippen LogP contribution in [0.2, 0.25) is 0 Å². The molecule has 1 aliphatic rings. The van der Waals surface area contributed by atoms with E-state index in [-0.39, 0.29) is 38.6 Å². The highest BCUT2D eigenvalue weighted by Gasteiger charge is 2.25. The van der Waals surface area contributed by atoms with Crippen LogP contribution in [-0.2, 0) is 14.3 Å². The summed E-state index contributed by atoms with van der Waals surface area (Å²) >= 11 is 0. The molecule has 14 heavy (non-hydrogen) atoms. The molecule has 1 saturated heterocycles. The Kier molecular flexibility index (Phi) is 3.99. The number of hydrogen-bond acceptors (Lipinski definition) is 5. The van der Waals surface area contributed by atoms with Crippen LogP contribution in [0, 0.1) is 0 Å². The quantitative estimate of drug-likeness (QED) is 0.520. The molecule has 1 heterocycles. The molecule has 1 aliphatic heterocycles. The maximum Gasteiger partial charge on any atom is 0.255 e. The van der Waals surface area contributed by atoms with Gasteiger partial charge in [0, 0.05) is 6.54 Å². The first kappa shape index (κ1) is 11.1. The van der Waals surface area contributed by atoms with Crippen LogP contribution in [0.1, 0.15) is 6.42 Å². The number of rotatable bonds is 3. The van der Waals surface area contributed by atoms with Crippen molar-refractivity contribution in [2.24, 2.45) is 5.73 Å². The second-order valence-electron chi connectivity index (χ2n) is 3.09. The molecule has 0 aromatic carbocycles. The second-order valence-corrected chi connectivity index (χ2v) is 3.09. The first-order valence-electron chi connectivity index (χ1n) is 4.44. The maximum absolute atomic E-state index is 11.3. The lowest BCUT2D eigenvalue weighted by Gasteiger charge is -2.20. The predicted octanol–water partition coefficient (Wildman–Crippen LogP) is -1.92. The van der Waals surface area contributed by atoms with E-state index in [1.807, 2.05) is 0 Å². The molecule has 0 saturated carbocycles. The highest BCUT2D eigenvalue weighted by Crippen LogP contribution is 2.03. The summed E-state index contributed by atoms with van der Waals surface area (Å²) in [6.07, 6.45) is -0.691. The Bertz CT molecular complexity index is 213. The van der Waals surface area contributed by atoms with E-state index < -0.39 is 12.0 Å². The molecular formula is C8H14N2O4. The fraction of sp³-hybridized carbons (Fsp3) is 0.750. The molecule has 0 aromatic heterocycles. The molecule has 1 rings (SSSR count). The number of nitrogens with zero attached hydrogens (tertiary/aromatic N) is 1. The van der Waals surface area contributed by atoms with E-state index in [4.69, 9.17) is 10.5 Å². The van der Waals surface area contributed by atoms with E-state index in [9.17, 15) is 14.7 Å². The van der Waals surface area contributed by atoms with Crippen LogP contribution in [-0.4, -0.2) is 54.2 Å². The summed E-state index contributed by atoms with van der Waals surface area (Å²) in [4.78, 5) is 23.7. The third-order valence-corrected chi connectivity index (χ3v) is 1.95. The molecule has 2 amide bonds. The largest absolute Gasteiger partial charge is 0.390 e. The summed E-state index contributed by atoms with van der Waals surface area (Å²) in [7, 11) is 0. The van der Waals surface area contributed by atoms with Gasteiger partial charge in [-0.3, -0.25) is 14.5 Å². The zero-order chi connectivity index (χ0) is 10.6. The highest BCUT2D eigenvalue weighted by molar-refractivity contribution is 5.96. The first-order chi connectivity index (χ1) is 6.65. The van der Waals surface area contributed by atoms with Crippen LogP contribution in [0.25, 0.3) is 0 Å². The van der Waals surface area contributed by atoms with Gasteiger partial charge in [0.05, 0.1) is 25.7 Å². The number of β-amino-alcohol motifs (C(OH)–C–C–N with tert-alkyl or cyclic N) is 1. The molecule has 80 valence electrons. The van der Waals surface area contributed by atoms with Gasteiger partial charge < -0.3 is 15.6 Å². The zero-order valence-electron chi connectivity index (χ0n) is 7.81. The van der Waals surface area contributed by atoms with Gasteiger partial charge in [0.2, 0.25) is 5.91 Å². The summed E-state index contributed by atoms with van der Waals surface area (Å²) in [6.45, 7) is 0.123. The van der Waals surface area contributed by atoms with Crippen molar-refractivity contribution in [3.8, 4) is 0 Å². The molecule has 0 aliphatic carbocycles. The Labute approximate surface area is 81.6 Å². The van der Waals surface area contributed by atoms with Crippen LogP contribution in [0.4, 0.5) is 0 Å². The number of imide groups is 1. The van der Waals surface area contributed by atoms with Crippen LogP contribution >= 0.6 is 0 Å². The maximum atomic E-state index is 11.3. The van der Waals surface area contributed by atoms with Crippen molar-refractivity contribution in [3.05, 3.63) is 0 Å². The summed E-state index contributed by atoms with van der Waals surface area (Å²) < 4.78 is 4.90. The molecule has 0 bridgehead atoms. The lowest BCUT2D eigenvalue weighted by molar-refractivity contribution is -0.145. The minimum Gasteiger partial charge on any atom is -0.390 e. The average Bonchev–Trinajstić information content (AvgIpc) is 2.32. The molecule has 1 unspecified atom stereocenters. The Balaban J connectivity index is 2.60. The van der Waals surface area contributed by atoms with Crippen molar-refractivity contribution in [1.29, 1.82) is 0 Å². The summed E-state index contributed by atoms with van der Waals surface area (Å²) in [5.74, 6) is -0.736. The van der Waals surface area contributed by atoms with Crippen molar-refractivity contribution >= 4 is 11.8 Å². The topological polar surface area (TPSA) is 92.9 Å². The summed E-state index contributed by atoms with van der Waals surface area (Å²) in [5, 5.41) is 9.23. The predicted molar refractivity (Wildman–Crippen MR) is 47.2 cm³/mol. The Morgan fingerprint density at radius 2 is 2.21 bits per heavy atom. The number of ether oxygens (including phenoxy) is 1. The number of carbonyl (C=O) groups is 2. The van der Waals surface area contributed by atoms with E-state index in [0.717, 1.165) is 4.90 Å². The van der Waals surface area contributed by atoms with Crippen LogP contribution in [0.15, 0.2) is 0 Å². The summed E-state index contributed by atoms with van der Waals surface area (Å²) in [5.41, 5.74) is 5.19. The lowest BCUT2D eigenvalue weighted by Crippen LogP contribution is -2.44. The van der Waals surface area contributed by atoms with E-state index in [0.29, 0.717) is 0 Å². The number of amides is 2. The second kappa shape index (κ2) is 5.04. The number of hydrogen-bond donors (Lipinski definition) is 2. The van der Waals surface area contributed by atoms with Gasteiger partial charge in [0.25, 0.3) is 5.91 Å². The van der Waals surface area contributed by atoms with Crippen molar-refractivity contribution in [2.45, 2.75) is 12.5 Å². The van der Waals surface area contributed by atoms with Gasteiger partial charge in [0.1, 0.15) is 6.61 Å². The molecule has 0 radical (unpaired) electrons. The van der Waals surface area contributed by atoms with Crippen LogP contribution in [0.5, 0.6) is 0 Å². The third kappa shape index (κ3) is 2.76. The van der Waals surface area contributed by atoms with Gasteiger partial charge in [0.15, 0.2) is 0 Å². The van der Waals surface area contributed by atoms with E-state index in [1.54, 1.807) is 0 Å². The monoisotopic (exact) mass is 202 g/mol. The molecule has 6 nitrogen and oxygen atoms in total. The van der Waals surface area contributed by atoms with Crippen LogP contribution < -0.4 is 5.73 Å².